The fraction of sp³-hybridized carbons (Fsp3) is 0.429. The molecular weight excluding hydrogens is 324 g/mol. The van der Waals surface area contributed by atoms with Gasteiger partial charge in [0.15, 0.2) is 0 Å². The summed E-state index contributed by atoms with van der Waals surface area (Å²) in [6.07, 6.45) is 0. The number of aliphatic carboxylic acids is 1. The molecule has 0 saturated heterocycles. The number of carbonyl (C=O) groups excluding carboxylic acids is 1. The van der Waals surface area contributed by atoms with Gasteiger partial charge in [-0.15, -0.1) is 0 Å². The van der Waals surface area contributed by atoms with Crippen molar-refractivity contribution in [3.63, 3.8) is 0 Å². The number of nitrogens with one attached hydrogen (secondary N) is 2. The minimum atomic E-state index is -1.05. The van der Waals surface area contributed by atoms with Crippen LogP contribution in [0.15, 0.2) is 28.7 Å². The number of carboxylic acid groups (broad SMARTS) is 1. The van der Waals surface area contributed by atoms with E-state index >= 15 is 0 Å². The van der Waals surface area contributed by atoms with Crippen LogP contribution in [0.5, 0.6) is 0 Å². The molecular formula is C14H19BrN2O3. The van der Waals surface area contributed by atoms with Crippen LogP contribution >= 0.6 is 15.9 Å². The molecule has 0 unspecified atom stereocenters. The van der Waals surface area contributed by atoms with Crippen molar-refractivity contribution in [3.8, 4) is 0 Å². The van der Waals surface area contributed by atoms with E-state index in [0.29, 0.717) is 6.54 Å². The Labute approximate surface area is 126 Å². The van der Waals surface area contributed by atoms with Crippen molar-refractivity contribution < 1.29 is 14.7 Å². The van der Waals surface area contributed by atoms with Gasteiger partial charge in [0, 0.05) is 11.0 Å². The smallest absolute Gasteiger partial charge is 0.326 e. The molecule has 0 bridgehead atoms. The van der Waals surface area contributed by atoms with Gasteiger partial charge in [0.1, 0.15) is 6.04 Å². The lowest BCUT2D eigenvalue weighted by atomic mass is 9.87. The Balaban J connectivity index is 2.57. The van der Waals surface area contributed by atoms with Crippen LogP contribution in [-0.2, 0) is 11.3 Å². The van der Waals surface area contributed by atoms with E-state index in [2.05, 4.69) is 26.6 Å². The number of benzene rings is 1. The molecule has 2 amide bonds. The topological polar surface area (TPSA) is 78.4 Å². The molecule has 20 heavy (non-hydrogen) atoms. The second-order valence-electron chi connectivity index (χ2n) is 5.59. The van der Waals surface area contributed by atoms with E-state index in [1.807, 2.05) is 24.3 Å². The molecule has 0 spiro atoms. The zero-order chi connectivity index (χ0) is 15.3. The van der Waals surface area contributed by atoms with E-state index in [1.165, 1.54) is 0 Å². The molecule has 3 N–H and O–H groups in total. The Morgan fingerprint density at radius 3 is 2.50 bits per heavy atom. The fourth-order valence-corrected chi connectivity index (χ4v) is 2.11. The summed E-state index contributed by atoms with van der Waals surface area (Å²) in [6, 6.07) is 6.09. The first-order valence-corrected chi connectivity index (χ1v) is 7.01. The average Bonchev–Trinajstić information content (AvgIpc) is 2.31. The van der Waals surface area contributed by atoms with Crippen LogP contribution in [-0.4, -0.2) is 23.1 Å². The van der Waals surface area contributed by atoms with Crippen LogP contribution < -0.4 is 10.6 Å². The third-order valence-electron chi connectivity index (χ3n) is 2.73. The Hall–Kier alpha value is -1.56. The molecule has 0 radical (unpaired) electrons. The van der Waals surface area contributed by atoms with Crippen LogP contribution in [0.4, 0.5) is 4.79 Å². The lowest BCUT2D eigenvalue weighted by molar-refractivity contribution is -0.141. The highest BCUT2D eigenvalue weighted by Crippen LogP contribution is 2.19. The van der Waals surface area contributed by atoms with Crippen molar-refractivity contribution in [1.29, 1.82) is 0 Å². The molecule has 0 saturated carbocycles. The number of urea groups is 1. The summed E-state index contributed by atoms with van der Waals surface area (Å²) < 4.78 is 0.926. The van der Waals surface area contributed by atoms with Gasteiger partial charge in [-0.2, -0.15) is 0 Å². The van der Waals surface area contributed by atoms with Crippen LogP contribution in [0.3, 0.4) is 0 Å². The lowest BCUT2D eigenvalue weighted by Gasteiger charge is -2.27. The minimum Gasteiger partial charge on any atom is -0.480 e. The van der Waals surface area contributed by atoms with Gasteiger partial charge >= 0.3 is 12.0 Å². The van der Waals surface area contributed by atoms with Gasteiger partial charge in [0.25, 0.3) is 0 Å². The van der Waals surface area contributed by atoms with Gasteiger partial charge in [-0.25, -0.2) is 9.59 Å². The molecule has 5 nitrogen and oxygen atoms in total. The van der Waals surface area contributed by atoms with Crippen molar-refractivity contribution in [2.24, 2.45) is 5.41 Å². The summed E-state index contributed by atoms with van der Waals surface area (Å²) in [6.45, 7) is 5.63. The minimum absolute atomic E-state index is 0.335. The Morgan fingerprint density at radius 1 is 1.35 bits per heavy atom. The summed E-state index contributed by atoms with van der Waals surface area (Å²) in [7, 11) is 0. The molecule has 1 rings (SSSR count). The highest BCUT2D eigenvalue weighted by molar-refractivity contribution is 9.10. The largest absolute Gasteiger partial charge is 0.480 e. The average molecular weight is 343 g/mol. The van der Waals surface area contributed by atoms with Crippen LogP contribution in [0.2, 0.25) is 0 Å². The lowest BCUT2D eigenvalue weighted by Crippen LogP contribution is -2.52. The van der Waals surface area contributed by atoms with Crippen molar-refractivity contribution >= 4 is 27.9 Å². The van der Waals surface area contributed by atoms with Gasteiger partial charge in [0.05, 0.1) is 0 Å². The predicted molar refractivity (Wildman–Crippen MR) is 80.4 cm³/mol. The fourth-order valence-electron chi connectivity index (χ4n) is 1.66. The predicted octanol–water partition coefficient (Wildman–Crippen LogP) is 2.75. The molecule has 1 aromatic carbocycles. The molecule has 1 aromatic rings. The number of amides is 2. The number of carbonyl (C=O) groups is 2. The number of hydrogen-bond donors (Lipinski definition) is 3. The maximum Gasteiger partial charge on any atom is 0.326 e. The van der Waals surface area contributed by atoms with Crippen molar-refractivity contribution in [2.45, 2.75) is 33.4 Å². The zero-order valence-electron chi connectivity index (χ0n) is 11.7. The summed E-state index contributed by atoms with van der Waals surface area (Å²) in [5.74, 6) is -1.05. The van der Waals surface area contributed by atoms with E-state index in [-0.39, 0.29) is 0 Å². The monoisotopic (exact) mass is 342 g/mol. The van der Waals surface area contributed by atoms with Crippen LogP contribution in [0.25, 0.3) is 0 Å². The Bertz CT molecular complexity index is 497. The second-order valence-corrected chi connectivity index (χ2v) is 6.51. The molecule has 0 fully saturated rings. The van der Waals surface area contributed by atoms with Gasteiger partial charge in [-0.05, 0) is 23.1 Å². The molecule has 0 aliphatic carbocycles. The Kier molecular flexibility index (Phi) is 5.56. The SMILES string of the molecule is CC(C)(C)[C@H](NC(=O)NCc1cccc(Br)c1)C(=O)O. The summed E-state index contributed by atoms with van der Waals surface area (Å²) in [4.78, 5) is 22.9. The van der Waals surface area contributed by atoms with E-state index < -0.39 is 23.5 Å². The number of hydrogen-bond acceptors (Lipinski definition) is 2. The zero-order valence-corrected chi connectivity index (χ0v) is 13.3. The molecule has 1 atom stereocenters. The van der Waals surface area contributed by atoms with E-state index in [1.54, 1.807) is 20.8 Å². The van der Waals surface area contributed by atoms with Crippen molar-refractivity contribution in [2.75, 3.05) is 0 Å². The molecule has 0 aliphatic rings. The van der Waals surface area contributed by atoms with Gasteiger partial charge in [-0.1, -0.05) is 48.8 Å². The highest BCUT2D eigenvalue weighted by Gasteiger charge is 2.32. The third-order valence-corrected chi connectivity index (χ3v) is 3.22. The van der Waals surface area contributed by atoms with Crippen molar-refractivity contribution in [1.82, 2.24) is 10.6 Å². The molecule has 110 valence electrons. The van der Waals surface area contributed by atoms with E-state index in [0.717, 1.165) is 10.0 Å². The molecule has 0 aromatic heterocycles. The summed E-state index contributed by atoms with van der Waals surface area (Å²) in [5.41, 5.74) is 0.371. The molecule has 6 heteroatoms. The van der Waals surface area contributed by atoms with Crippen LogP contribution in [0, 0.1) is 5.41 Å². The third kappa shape index (κ3) is 5.21. The van der Waals surface area contributed by atoms with E-state index in [9.17, 15) is 9.59 Å². The number of halogens is 1. The maximum absolute atomic E-state index is 11.8. The Morgan fingerprint density at radius 2 is 2.00 bits per heavy atom. The van der Waals surface area contributed by atoms with Gasteiger partial charge < -0.3 is 15.7 Å². The second kappa shape index (κ2) is 6.74. The standard InChI is InChI=1S/C14H19BrN2O3/c1-14(2,3)11(12(18)19)17-13(20)16-8-9-5-4-6-10(15)7-9/h4-7,11H,8H2,1-3H3,(H,18,19)(H2,16,17,20)/t11-/m1/s1. The van der Waals surface area contributed by atoms with Crippen LogP contribution in [0.1, 0.15) is 26.3 Å². The number of rotatable bonds is 4. The quantitative estimate of drug-likeness (QED) is 0.787. The summed E-state index contributed by atoms with van der Waals surface area (Å²) >= 11 is 3.35. The summed E-state index contributed by atoms with van der Waals surface area (Å²) in [5, 5.41) is 14.3. The normalized spacial score (nSPS) is 12.6. The highest BCUT2D eigenvalue weighted by atomic mass is 79.9. The van der Waals surface area contributed by atoms with Gasteiger partial charge in [0.2, 0.25) is 0 Å². The first kappa shape index (κ1) is 16.5. The van der Waals surface area contributed by atoms with Crippen molar-refractivity contribution in [3.05, 3.63) is 34.3 Å². The number of carboxylic acids is 1. The first-order valence-electron chi connectivity index (χ1n) is 6.22. The van der Waals surface area contributed by atoms with Gasteiger partial charge in [-0.3, -0.25) is 0 Å². The molecule has 0 heterocycles. The molecule has 0 aliphatic heterocycles. The first-order chi connectivity index (χ1) is 9.20. The maximum atomic E-state index is 11.8. The van der Waals surface area contributed by atoms with E-state index in [4.69, 9.17) is 5.11 Å².